The summed E-state index contributed by atoms with van der Waals surface area (Å²) < 4.78 is 3.04. The van der Waals surface area contributed by atoms with E-state index < -0.39 is 0 Å². The van der Waals surface area contributed by atoms with Crippen molar-refractivity contribution in [2.45, 2.75) is 64.1 Å². The van der Waals surface area contributed by atoms with Gasteiger partial charge in [0.05, 0.1) is 18.2 Å². The molecule has 1 aliphatic carbocycles. The van der Waals surface area contributed by atoms with Crippen LogP contribution in [0.15, 0.2) is 29.2 Å². The summed E-state index contributed by atoms with van der Waals surface area (Å²) in [5, 5.41) is 4.28. The Morgan fingerprint density at radius 1 is 1.22 bits per heavy atom. The fourth-order valence-corrected chi connectivity index (χ4v) is 4.42. The third-order valence-electron chi connectivity index (χ3n) is 5.91. The number of carbonyl (C=O) groups is 1. The van der Waals surface area contributed by atoms with Crippen molar-refractivity contribution in [2.75, 3.05) is 0 Å². The number of aryl methyl sites for hydroxylation is 2. The summed E-state index contributed by atoms with van der Waals surface area (Å²) in [5.41, 5.74) is 0.794. The highest BCUT2D eigenvalue weighted by Gasteiger charge is 2.34. The Morgan fingerprint density at radius 3 is 2.78 bits per heavy atom. The van der Waals surface area contributed by atoms with Gasteiger partial charge in [0.2, 0.25) is 5.91 Å². The lowest BCUT2D eigenvalue weighted by Crippen LogP contribution is -2.46. The molecule has 7 nitrogen and oxygen atoms in total. The van der Waals surface area contributed by atoms with Crippen molar-refractivity contribution in [2.24, 2.45) is 13.0 Å². The first kappa shape index (κ1) is 17.9. The van der Waals surface area contributed by atoms with E-state index in [4.69, 9.17) is 0 Å². The zero-order valence-electron chi connectivity index (χ0n) is 15.9. The van der Waals surface area contributed by atoms with Crippen molar-refractivity contribution < 1.29 is 4.79 Å². The van der Waals surface area contributed by atoms with Crippen molar-refractivity contribution in [3.05, 3.63) is 46.4 Å². The van der Waals surface area contributed by atoms with Crippen molar-refractivity contribution in [3.8, 4) is 0 Å². The van der Waals surface area contributed by atoms with Crippen LogP contribution in [0.25, 0.3) is 0 Å². The summed E-state index contributed by atoms with van der Waals surface area (Å²) in [4.78, 5) is 32.2. The van der Waals surface area contributed by atoms with Gasteiger partial charge in [-0.25, -0.2) is 9.48 Å². The number of pyridine rings is 1. The summed E-state index contributed by atoms with van der Waals surface area (Å²) >= 11 is 0. The number of amides is 1. The smallest absolute Gasteiger partial charge is 0.334 e. The molecule has 2 aliphatic rings. The van der Waals surface area contributed by atoms with Gasteiger partial charge in [-0.15, -0.1) is 0 Å². The average Bonchev–Trinajstić information content (AvgIpc) is 3.00. The molecular weight excluding hydrogens is 342 g/mol. The predicted octanol–water partition coefficient (Wildman–Crippen LogP) is 1.90. The number of carbonyl (C=O) groups excluding carboxylic acids is 1. The molecule has 0 saturated heterocycles. The zero-order valence-corrected chi connectivity index (χ0v) is 15.9. The number of rotatable bonds is 4. The zero-order chi connectivity index (χ0) is 18.8. The third kappa shape index (κ3) is 3.68. The molecule has 1 aliphatic heterocycles. The second-order valence-corrected chi connectivity index (χ2v) is 7.75. The first-order valence-corrected chi connectivity index (χ1v) is 9.96. The van der Waals surface area contributed by atoms with Crippen LogP contribution < -0.4 is 5.69 Å². The number of fused-ring (bicyclic) bond motifs is 1. The summed E-state index contributed by atoms with van der Waals surface area (Å²) in [7, 11) is 1.67. The standard InChI is InChI=1S/C20H27N5O2/c1-23-20(27)25-13-15(10-11-18(25)22-23)19(26)24(17-8-3-2-4-9-17)14-16-7-5-6-12-21-16/h5-7,12,15,17H,2-4,8-11,13-14H2,1H3/t15-/m1/s1. The lowest BCUT2D eigenvalue weighted by molar-refractivity contribution is -0.140. The SMILES string of the molecule is Cn1nc2n(c1=O)C[C@H](C(=O)N(Cc1ccccn1)C1CCCCC1)CC2. The van der Waals surface area contributed by atoms with Crippen molar-refractivity contribution in [3.63, 3.8) is 0 Å². The minimum absolute atomic E-state index is 0.128. The van der Waals surface area contributed by atoms with Gasteiger partial charge >= 0.3 is 5.69 Å². The molecule has 1 atom stereocenters. The van der Waals surface area contributed by atoms with Crippen LogP contribution in [-0.2, 0) is 31.4 Å². The molecule has 1 saturated carbocycles. The van der Waals surface area contributed by atoms with Crippen LogP contribution in [-0.4, -0.2) is 36.2 Å². The first-order valence-electron chi connectivity index (χ1n) is 9.96. The number of aromatic nitrogens is 4. The van der Waals surface area contributed by atoms with Gasteiger partial charge in [-0.05, 0) is 31.4 Å². The van der Waals surface area contributed by atoms with Gasteiger partial charge in [-0.2, -0.15) is 5.10 Å². The van der Waals surface area contributed by atoms with Gasteiger partial charge in [0, 0.05) is 32.3 Å². The van der Waals surface area contributed by atoms with Gasteiger partial charge < -0.3 is 4.90 Å². The van der Waals surface area contributed by atoms with Crippen molar-refractivity contribution >= 4 is 5.91 Å². The molecule has 2 aromatic rings. The highest BCUT2D eigenvalue weighted by atomic mass is 16.2. The highest BCUT2D eigenvalue weighted by Crippen LogP contribution is 2.28. The molecule has 1 amide bonds. The van der Waals surface area contributed by atoms with Crippen LogP contribution in [0.1, 0.15) is 50.0 Å². The second-order valence-electron chi connectivity index (χ2n) is 7.75. The number of nitrogens with zero attached hydrogens (tertiary/aromatic N) is 5. The molecule has 0 radical (unpaired) electrons. The maximum absolute atomic E-state index is 13.5. The highest BCUT2D eigenvalue weighted by molar-refractivity contribution is 5.79. The molecule has 0 N–H and O–H groups in total. The van der Waals surface area contributed by atoms with E-state index in [1.54, 1.807) is 17.8 Å². The van der Waals surface area contributed by atoms with Gasteiger partial charge in [0.15, 0.2) is 0 Å². The van der Waals surface area contributed by atoms with Gasteiger partial charge in [0.1, 0.15) is 5.82 Å². The van der Waals surface area contributed by atoms with E-state index in [-0.39, 0.29) is 23.6 Å². The van der Waals surface area contributed by atoms with Crippen molar-refractivity contribution in [1.29, 1.82) is 0 Å². The predicted molar refractivity (Wildman–Crippen MR) is 101 cm³/mol. The summed E-state index contributed by atoms with van der Waals surface area (Å²) in [6.07, 6.45) is 8.92. The number of hydrogen-bond donors (Lipinski definition) is 0. The number of hydrogen-bond acceptors (Lipinski definition) is 4. The maximum Gasteiger partial charge on any atom is 0.345 e. The molecule has 1 fully saturated rings. The summed E-state index contributed by atoms with van der Waals surface area (Å²) in [5.74, 6) is 0.791. The molecular formula is C20H27N5O2. The van der Waals surface area contributed by atoms with Crippen LogP contribution in [0.3, 0.4) is 0 Å². The Labute approximate surface area is 159 Å². The van der Waals surface area contributed by atoms with Gasteiger partial charge in [0.25, 0.3) is 0 Å². The maximum atomic E-state index is 13.5. The lowest BCUT2D eigenvalue weighted by Gasteiger charge is -2.37. The Balaban J connectivity index is 1.56. The Hall–Kier alpha value is -2.44. The van der Waals surface area contributed by atoms with E-state index in [2.05, 4.69) is 10.1 Å². The fourth-order valence-electron chi connectivity index (χ4n) is 4.42. The molecule has 2 aromatic heterocycles. The fraction of sp³-hybridized carbons (Fsp3) is 0.600. The Bertz CT molecular complexity index is 851. The van der Waals surface area contributed by atoms with Crippen LogP contribution >= 0.6 is 0 Å². The molecule has 144 valence electrons. The van der Waals surface area contributed by atoms with Gasteiger partial charge in [-0.3, -0.25) is 14.3 Å². The van der Waals surface area contributed by atoms with Gasteiger partial charge in [-0.1, -0.05) is 25.3 Å². The minimum Gasteiger partial charge on any atom is -0.334 e. The second kappa shape index (κ2) is 7.66. The van der Waals surface area contributed by atoms with E-state index in [9.17, 15) is 9.59 Å². The molecule has 0 unspecified atom stereocenters. The summed E-state index contributed by atoms with van der Waals surface area (Å²) in [6, 6.07) is 6.12. The molecule has 0 aromatic carbocycles. The molecule has 3 heterocycles. The van der Waals surface area contributed by atoms with E-state index in [0.717, 1.165) is 30.8 Å². The average molecular weight is 369 g/mol. The van der Waals surface area contributed by atoms with E-state index in [1.807, 2.05) is 23.1 Å². The normalized spacial score (nSPS) is 20.3. The van der Waals surface area contributed by atoms with Crippen LogP contribution in [0.2, 0.25) is 0 Å². The monoisotopic (exact) mass is 369 g/mol. The Morgan fingerprint density at radius 2 is 2.04 bits per heavy atom. The molecule has 4 rings (SSSR count). The molecule has 7 heteroatoms. The van der Waals surface area contributed by atoms with Crippen LogP contribution in [0, 0.1) is 5.92 Å². The van der Waals surface area contributed by atoms with E-state index in [0.29, 0.717) is 19.5 Å². The Kier molecular flexibility index (Phi) is 5.09. The first-order chi connectivity index (χ1) is 13.1. The largest absolute Gasteiger partial charge is 0.345 e. The quantitative estimate of drug-likeness (QED) is 0.825. The minimum atomic E-state index is -0.162. The van der Waals surface area contributed by atoms with E-state index >= 15 is 0 Å². The molecule has 0 bridgehead atoms. The molecule has 0 spiro atoms. The lowest BCUT2D eigenvalue weighted by atomic mass is 9.91. The molecule has 27 heavy (non-hydrogen) atoms. The topological polar surface area (TPSA) is 73.0 Å². The third-order valence-corrected chi connectivity index (χ3v) is 5.91. The van der Waals surface area contributed by atoms with Crippen molar-refractivity contribution in [1.82, 2.24) is 24.2 Å². The van der Waals surface area contributed by atoms with Crippen LogP contribution in [0.4, 0.5) is 0 Å². The van der Waals surface area contributed by atoms with Crippen LogP contribution in [0.5, 0.6) is 0 Å². The van der Waals surface area contributed by atoms with E-state index in [1.165, 1.54) is 23.9 Å². The summed E-state index contributed by atoms with van der Waals surface area (Å²) in [6.45, 7) is 0.988.